The average molecular weight is 317 g/mol. The second-order valence-corrected chi connectivity index (χ2v) is 7.05. The number of hydrogen-bond donors (Lipinski definition) is 2. The number of nitrogens with one attached hydrogen (secondary N) is 1. The van der Waals surface area contributed by atoms with Crippen molar-refractivity contribution < 1.29 is 9.90 Å². The van der Waals surface area contributed by atoms with Crippen LogP contribution in [0.15, 0.2) is 18.3 Å². The summed E-state index contributed by atoms with van der Waals surface area (Å²) in [6, 6.07) is 3.71. The first-order valence-corrected chi connectivity index (χ1v) is 8.81. The van der Waals surface area contributed by atoms with Gasteiger partial charge in [-0.15, -0.1) is 0 Å². The fourth-order valence-electron chi connectivity index (χ4n) is 3.51. The van der Waals surface area contributed by atoms with E-state index < -0.39 is 0 Å². The van der Waals surface area contributed by atoms with E-state index >= 15 is 0 Å². The second kappa shape index (κ2) is 7.30. The third-order valence-corrected chi connectivity index (χ3v) is 5.25. The lowest BCUT2D eigenvalue weighted by Crippen LogP contribution is -2.37. The maximum Gasteiger partial charge on any atom is 0.255 e. The van der Waals surface area contributed by atoms with Gasteiger partial charge in [0.25, 0.3) is 5.91 Å². The number of amides is 1. The summed E-state index contributed by atoms with van der Waals surface area (Å²) in [5, 5.41) is 13.1. The molecule has 1 saturated carbocycles. The van der Waals surface area contributed by atoms with E-state index in [1.54, 1.807) is 6.20 Å². The molecule has 3 rings (SSSR count). The van der Waals surface area contributed by atoms with Gasteiger partial charge in [0.15, 0.2) is 0 Å². The molecule has 23 heavy (non-hydrogen) atoms. The molecule has 5 nitrogen and oxygen atoms in total. The van der Waals surface area contributed by atoms with Gasteiger partial charge in [-0.2, -0.15) is 0 Å². The van der Waals surface area contributed by atoms with E-state index in [1.807, 2.05) is 17.0 Å². The van der Waals surface area contributed by atoms with E-state index in [0.717, 1.165) is 63.5 Å². The molecular weight excluding hydrogens is 290 g/mol. The highest BCUT2D eigenvalue weighted by Crippen LogP contribution is 2.25. The number of piperidine rings is 1. The van der Waals surface area contributed by atoms with Crippen molar-refractivity contribution in [3.8, 4) is 0 Å². The number of pyridine rings is 1. The highest BCUT2D eigenvalue weighted by Gasteiger charge is 2.25. The summed E-state index contributed by atoms with van der Waals surface area (Å²) < 4.78 is 0. The minimum Gasteiger partial charge on any atom is -0.393 e. The first-order valence-electron chi connectivity index (χ1n) is 8.81. The van der Waals surface area contributed by atoms with E-state index in [-0.39, 0.29) is 12.0 Å². The first kappa shape index (κ1) is 16.2. The Labute approximate surface area is 138 Å². The molecule has 1 saturated heterocycles. The smallest absolute Gasteiger partial charge is 0.255 e. The molecule has 126 valence electrons. The standard InChI is InChI=1S/C18H27N3O2/c1-13-7-9-21(10-8-13)18(23)15-5-6-17(20-12-15)19-11-14-3-2-4-16(14)22/h5-6,12-14,16,22H,2-4,7-11H2,1H3,(H,19,20)/t14-,16-/m0/s1. The number of carbonyl (C=O) groups excluding carboxylic acids is 1. The van der Waals surface area contributed by atoms with Gasteiger partial charge in [0.1, 0.15) is 5.82 Å². The molecule has 2 aliphatic rings. The zero-order chi connectivity index (χ0) is 16.2. The molecule has 1 aromatic heterocycles. The Hall–Kier alpha value is -1.62. The lowest BCUT2D eigenvalue weighted by Gasteiger charge is -2.30. The van der Waals surface area contributed by atoms with Gasteiger partial charge < -0.3 is 15.3 Å². The second-order valence-electron chi connectivity index (χ2n) is 7.05. The van der Waals surface area contributed by atoms with Crippen LogP contribution < -0.4 is 5.32 Å². The molecule has 2 fully saturated rings. The number of anilines is 1. The normalized spacial score (nSPS) is 25.6. The summed E-state index contributed by atoms with van der Waals surface area (Å²) in [5.41, 5.74) is 0.658. The van der Waals surface area contributed by atoms with Crippen LogP contribution in [0.2, 0.25) is 0 Å². The number of aliphatic hydroxyl groups excluding tert-OH is 1. The van der Waals surface area contributed by atoms with Crippen LogP contribution >= 0.6 is 0 Å². The van der Waals surface area contributed by atoms with Crippen LogP contribution in [0.5, 0.6) is 0 Å². The molecule has 1 aliphatic carbocycles. The van der Waals surface area contributed by atoms with Crippen LogP contribution in [0.3, 0.4) is 0 Å². The Kier molecular flexibility index (Phi) is 5.16. The molecule has 5 heteroatoms. The number of likely N-dealkylation sites (tertiary alicyclic amines) is 1. The summed E-state index contributed by atoms with van der Waals surface area (Å²) >= 11 is 0. The zero-order valence-electron chi connectivity index (χ0n) is 13.9. The maximum atomic E-state index is 12.5. The van der Waals surface area contributed by atoms with Gasteiger partial charge in [-0.3, -0.25) is 4.79 Å². The van der Waals surface area contributed by atoms with Crippen LogP contribution in [-0.4, -0.2) is 46.6 Å². The van der Waals surface area contributed by atoms with E-state index in [2.05, 4.69) is 17.2 Å². The molecule has 0 radical (unpaired) electrons. The van der Waals surface area contributed by atoms with Crippen molar-refractivity contribution in [2.45, 2.75) is 45.1 Å². The quantitative estimate of drug-likeness (QED) is 0.895. The van der Waals surface area contributed by atoms with Gasteiger partial charge in [-0.25, -0.2) is 4.98 Å². The largest absolute Gasteiger partial charge is 0.393 e. The van der Waals surface area contributed by atoms with Crippen LogP contribution in [-0.2, 0) is 0 Å². The SMILES string of the molecule is CC1CCN(C(=O)c2ccc(NC[C@@H]3CCC[C@@H]3O)nc2)CC1. The highest BCUT2D eigenvalue weighted by molar-refractivity contribution is 5.94. The summed E-state index contributed by atoms with van der Waals surface area (Å²) in [7, 11) is 0. The molecule has 1 amide bonds. The van der Waals surface area contributed by atoms with Gasteiger partial charge in [0, 0.05) is 31.7 Å². The number of carbonyl (C=O) groups is 1. The van der Waals surface area contributed by atoms with Gasteiger partial charge in [-0.1, -0.05) is 13.3 Å². The number of hydrogen-bond acceptors (Lipinski definition) is 4. The number of nitrogens with zero attached hydrogens (tertiary/aromatic N) is 2. The van der Waals surface area contributed by atoms with E-state index in [0.29, 0.717) is 11.5 Å². The van der Waals surface area contributed by atoms with E-state index in [9.17, 15) is 9.90 Å². The summed E-state index contributed by atoms with van der Waals surface area (Å²) in [4.78, 5) is 18.7. The highest BCUT2D eigenvalue weighted by atomic mass is 16.3. The topological polar surface area (TPSA) is 65.5 Å². The molecule has 2 atom stereocenters. The van der Waals surface area contributed by atoms with Crippen molar-refractivity contribution in [3.05, 3.63) is 23.9 Å². The Morgan fingerprint density at radius 3 is 2.70 bits per heavy atom. The third kappa shape index (κ3) is 4.02. The predicted molar refractivity (Wildman–Crippen MR) is 90.4 cm³/mol. The average Bonchev–Trinajstić information content (AvgIpc) is 2.99. The zero-order valence-corrected chi connectivity index (χ0v) is 13.9. The molecule has 1 aromatic rings. The lowest BCUT2D eigenvalue weighted by atomic mass is 9.99. The minimum atomic E-state index is -0.190. The Balaban J connectivity index is 1.53. The molecule has 2 heterocycles. The molecule has 0 bridgehead atoms. The van der Waals surface area contributed by atoms with Gasteiger partial charge in [0.2, 0.25) is 0 Å². The molecule has 0 unspecified atom stereocenters. The van der Waals surface area contributed by atoms with Crippen molar-refractivity contribution in [1.82, 2.24) is 9.88 Å². The minimum absolute atomic E-state index is 0.0853. The fraction of sp³-hybridized carbons (Fsp3) is 0.667. The first-order chi connectivity index (χ1) is 11.1. The summed E-state index contributed by atoms with van der Waals surface area (Å²) in [6.07, 6.45) is 6.71. The monoisotopic (exact) mass is 317 g/mol. The summed E-state index contributed by atoms with van der Waals surface area (Å²) in [5.74, 6) is 1.89. The van der Waals surface area contributed by atoms with Gasteiger partial charge >= 0.3 is 0 Å². The molecule has 1 aliphatic heterocycles. The number of rotatable bonds is 4. The van der Waals surface area contributed by atoms with Crippen LogP contribution in [0.25, 0.3) is 0 Å². The van der Waals surface area contributed by atoms with Crippen molar-refractivity contribution in [2.75, 3.05) is 25.0 Å². The Bertz CT molecular complexity index is 524. The molecular formula is C18H27N3O2. The summed E-state index contributed by atoms with van der Waals surface area (Å²) in [6.45, 7) is 4.68. The van der Waals surface area contributed by atoms with Crippen LogP contribution in [0.4, 0.5) is 5.82 Å². The molecule has 0 aromatic carbocycles. The van der Waals surface area contributed by atoms with Gasteiger partial charge in [0.05, 0.1) is 11.7 Å². The van der Waals surface area contributed by atoms with Crippen molar-refractivity contribution >= 4 is 11.7 Å². The van der Waals surface area contributed by atoms with Gasteiger partial charge in [-0.05, 0) is 43.7 Å². The molecule has 2 N–H and O–H groups in total. The van der Waals surface area contributed by atoms with Crippen molar-refractivity contribution in [2.24, 2.45) is 11.8 Å². The lowest BCUT2D eigenvalue weighted by molar-refractivity contribution is 0.0697. The van der Waals surface area contributed by atoms with Crippen LogP contribution in [0, 0.1) is 11.8 Å². The number of aromatic nitrogens is 1. The fourth-order valence-corrected chi connectivity index (χ4v) is 3.51. The Morgan fingerprint density at radius 2 is 2.09 bits per heavy atom. The van der Waals surface area contributed by atoms with E-state index in [4.69, 9.17) is 0 Å². The van der Waals surface area contributed by atoms with Crippen LogP contribution in [0.1, 0.15) is 49.4 Å². The van der Waals surface area contributed by atoms with Crippen molar-refractivity contribution in [1.29, 1.82) is 0 Å². The van der Waals surface area contributed by atoms with Crippen molar-refractivity contribution in [3.63, 3.8) is 0 Å². The van der Waals surface area contributed by atoms with E-state index in [1.165, 1.54) is 0 Å². The maximum absolute atomic E-state index is 12.5. The number of aliphatic hydroxyl groups is 1. The Morgan fingerprint density at radius 1 is 1.30 bits per heavy atom. The molecule has 0 spiro atoms. The predicted octanol–water partition coefficient (Wildman–Crippen LogP) is 2.53. The third-order valence-electron chi connectivity index (χ3n) is 5.25.